The average molecular weight is 234 g/mol. The Labute approximate surface area is 102 Å². The van der Waals surface area contributed by atoms with Crippen molar-refractivity contribution >= 4 is 0 Å². The van der Waals surface area contributed by atoms with E-state index in [-0.39, 0.29) is 17.8 Å². The lowest BCUT2D eigenvalue weighted by Gasteiger charge is -2.29. The molecule has 3 nitrogen and oxygen atoms in total. The highest BCUT2D eigenvalue weighted by Gasteiger charge is 2.56. The Hall–Kier alpha value is -1.22. The monoisotopic (exact) mass is 234 g/mol. The Morgan fingerprint density at radius 2 is 2.18 bits per heavy atom. The molecule has 0 N–H and O–H groups in total. The van der Waals surface area contributed by atoms with Crippen molar-refractivity contribution in [2.45, 2.75) is 45.0 Å². The maximum absolute atomic E-state index is 5.95. The van der Waals surface area contributed by atoms with Crippen molar-refractivity contribution in [3.8, 4) is 11.5 Å². The Morgan fingerprint density at radius 1 is 1.35 bits per heavy atom. The van der Waals surface area contributed by atoms with Crippen molar-refractivity contribution in [2.24, 2.45) is 0 Å². The van der Waals surface area contributed by atoms with Crippen LogP contribution in [0.3, 0.4) is 0 Å². The van der Waals surface area contributed by atoms with Crippen LogP contribution in [0, 0.1) is 0 Å². The summed E-state index contributed by atoms with van der Waals surface area (Å²) < 4.78 is 17.3. The second kappa shape index (κ2) is 3.64. The highest BCUT2D eigenvalue weighted by atomic mass is 16.6. The maximum atomic E-state index is 5.95. The predicted octanol–water partition coefficient (Wildman–Crippen LogP) is 3.09. The summed E-state index contributed by atoms with van der Waals surface area (Å²) in [7, 11) is 0. The van der Waals surface area contributed by atoms with Gasteiger partial charge in [0.1, 0.15) is 29.3 Å². The molecule has 0 amide bonds. The van der Waals surface area contributed by atoms with Crippen LogP contribution in [0.1, 0.15) is 38.9 Å². The first-order valence-corrected chi connectivity index (χ1v) is 6.23. The first-order valence-electron chi connectivity index (χ1n) is 6.23. The minimum atomic E-state index is -0.219. The lowest BCUT2D eigenvalue weighted by Crippen LogP contribution is -2.37. The summed E-state index contributed by atoms with van der Waals surface area (Å²) in [5.41, 5.74) is 0.909. The highest BCUT2D eigenvalue weighted by Crippen LogP contribution is 2.54. The highest BCUT2D eigenvalue weighted by molar-refractivity contribution is 5.46. The summed E-state index contributed by atoms with van der Waals surface area (Å²) in [5, 5.41) is 0. The van der Waals surface area contributed by atoms with Crippen LogP contribution < -0.4 is 9.47 Å². The van der Waals surface area contributed by atoms with Crippen LogP contribution in [0.5, 0.6) is 11.5 Å². The molecule has 0 bridgehead atoms. The van der Waals surface area contributed by atoms with Gasteiger partial charge in [-0.05, 0) is 38.5 Å². The number of hydrogen-bond acceptors (Lipinski definition) is 3. The average Bonchev–Trinajstić information content (AvgIpc) is 3.07. The molecular formula is C14H18O3. The third-order valence-corrected chi connectivity index (χ3v) is 3.31. The van der Waals surface area contributed by atoms with Crippen molar-refractivity contribution in [2.75, 3.05) is 6.61 Å². The van der Waals surface area contributed by atoms with Gasteiger partial charge in [-0.15, -0.1) is 0 Å². The fraction of sp³-hybridized carbons (Fsp3) is 0.571. The normalized spacial score (nSPS) is 27.7. The van der Waals surface area contributed by atoms with Crippen molar-refractivity contribution in [3.05, 3.63) is 23.8 Å². The predicted molar refractivity (Wildman–Crippen MR) is 64.5 cm³/mol. The van der Waals surface area contributed by atoms with Gasteiger partial charge < -0.3 is 14.2 Å². The van der Waals surface area contributed by atoms with E-state index in [9.17, 15) is 0 Å². The number of epoxide rings is 1. The molecule has 2 heterocycles. The molecule has 0 saturated carbocycles. The molecular weight excluding hydrogens is 216 g/mol. The topological polar surface area (TPSA) is 31.0 Å². The molecule has 17 heavy (non-hydrogen) atoms. The molecule has 92 valence electrons. The SMILES string of the molecule is CCCOc1ccc2c(c1)[C@@H]1O[C@@H]1C(C)(C)O2. The van der Waals surface area contributed by atoms with Crippen LogP contribution in [0.25, 0.3) is 0 Å². The van der Waals surface area contributed by atoms with E-state index < -0.39 is 0 Å². The van der Waals surface area contributed by atoms with Crippen molar-refractivity contribution < 1.29 is 14.2 Å². The molecule has 1 saturated heterocycles. The quantitative estimate of drug-likeness (QED) is 0.753. The van der Waals surface area contributed by atoms with Gasteiger partial charge in [-0.3, -0.25) is 0 Å². The Kier molecular flexibility index (Phi) is 2.33. The largest absolute Gasteiger partial charge is 0.494 e. The van der Waals surface area contributed by atoms with Crippen molar-refractivity contribution in [1.82, 2.24) is 0 Å². The standard InChI is InChI=1S/C14H18O3/c1-4-7-15-9-5-6-11-10(8-9)12-13(16-12)14(2,3)17-11/h5-6,8,12-13H,4,7H2,1-3H3/t12-,13-/m0/s1. The summed E-state index contributed by atoms with van der Waals surface area (Å²) in [6, 6.07) is 6.00. The third-order valence-electron chi connectivity index (χ3n) is 3.31. The van der Waals surface area contributed by atoms with Gasteiger partial charge in [0.2, 0.25) is 0 Å². The van der Waals surface area contributed by atoms with Crippen LogP contribution >= 0.6 is 0 Å². The zero-order valence-corrected chi connectivity index (χ0v) is 10.5. The van der Waals surface area contributed by atoms with Gasteiger partial charge in [0.25, 0.3) is 0 Å². The lowest BCUT2D eigenvalue weighted by atomic mass is 9.94. The molecule has 0 aliphatic carbocycles. The molecule has 3 rings (SSSR count). The Balaban J connectivity index is 1.88. The molecule has 0 spiro atoms. The zero-order chi connectivity index (χ0) is 12.0. The van der Waals surface area contributed by atoms with E-state index in [4.69, 9.17) is 14.2 Å². The van der Waals surface area contributed by atoms with E-state index in [1.807, 2.05) is 18.2 Å². The molecule has 1 fully saturated rings. The lowest BCUT2D eigenvalue weighted by molar-refractivity contribution is 0.0724. The summed E-state index contributed by atoms with van der Waals surface area (Å²) >= 11 is 0. The molecule has 1 aromatic carbocycles. The summed E-state index contributed by atoms with van der Waals surface area (Å²) in [6.45, 7) is 6.99. The number of hydrogen-bond donors (Lipinski definition) is 0. The number of benzene rings is 1. The van der Waals surface area contributed by atoms with E-state index in [1.165, 1.54) is 0 Å². The van der Waals surface area contributed by atoms with E-state index in [0.717, 1.165) is 30.1 Å². The van der Waals surface area contributed by atoms with Gasteiger partial charge in [0.15, 0.2) is 0 Å². The molecule has 2 aliphatic rings. The van der Waals surface area contributed by atoms with Gasteiger partial charge >= 0.3 is 0 Å². The summed E-state index contributed by atoms with van der Waals surface area (Å²) in [5.74, 6) is 1.83. The van der Waals surface area contributed by atoms with E-state index in [1.54, 1.807) is 0 Å². The minimum Gasteiger partial charge on any atom is -0.494 e. The van der Waals surface area contributed by atoms with Gasteiger partial charge in [-0.1, -0.05) is 6.92 Å². The number of ether oxygens (including phenoxy) is 3. The zero-order valence-electron chi connectivity index (χ0n) is 10.5. The third kappa shape index (κ3) is 1.78. The van der Waals surface area contributed by atoms with Crippen molar-refractivity contribution in [3.63, 3.8) is 0 Å². The van der Waals surface area contributed by atoms with E-state index >= 15 is 0 Å². The fourth-order valence-corrected chi connectivity index (χ4v) is 2.37. The molecule has 3 heteroatoms. The smallest absolute Gasteiger partial charge is 0.132 e. The van der Waals surface area contributed by atoms with Crippen LogP contribution in [0.4, 0.5) is 0 Å². The number of fused-ring (bicyclic) bond motifs is 3. The van der Waals surface area contributed by atoms with Gasteiger partial charge in [0.05, 0.1) is 6.61 Å². The number of rotatable bonds is 3. The maximum Gasteiger partial charge on any atom is 0.132 e. The van der Waals surface area contributed by atoms with Crippen LogP contribution in [-0.2, 0) is 4.74 Å². The molecule has 2 atom stereocenters. The molecule has 0 aromatic heterocycles. The fourth-order valence-electron chi connectivity index (χ4n) is 2.37. The molecule has 0 unspecified atom stereocenters. The van der Waals surface area contributed by atoms with Gasteiger partial charge in [-0.25, -0.2) is 0 Å². The molecule has 1 aromatic rings. The van der Waals surface area contributed by atoms with Gasteiger partial charge in [-0.2, -0.15) is 0 Å². The van der Waals surface area contributed by atoms with Crippen LogP contribution in [0.2, 0.25) is 0 Å². The first-order chi connectivity index (χ1) is 8.12. The molecule has 0 radical (unpaired) electrons. The molecule has 2 aliphatic heterocycles. The minimum absolute atomic E-state index is 0.191. The first kappa shape index (κ1) is 10.9. The van der Waals surface area contributed by atoms with Crippen LogP contribution in [-0.4, -0.2) is 18.3 Å². The second-order valence-corrected chi connectivity index (χ2v) is 5.23. The van der Waals surface area contributed by atoms with E-state index in [0.29, 0.717) is 0 Å². The van der Waals surface area contributed by atoms with E-state index in [2.05, 4.69) is 20.8 Å². The Morgan fingerprint density at radius 3 is 2.94 bits per heavy atom. The summed E-state index contributed by atoms with van der Waals surface area (Å²) in [4.78, 5) is 0. The second-order valence-electron chi connectivity index (χ2n) is 5.23. The van der Waals surface area contributed by atoms with Gasteiger partial charge in [0, 0.05) is 5.56 Å². The summed E-state index contributed by atoms with van der Waals surface area (Å²) in [6.07, 6.45) is 1.40. The Bertz CT molecular complexity index is 439. The van der Waals surface area contributed by atoms with Crippen LogP contribution in [0.15, 0.2) is 18.2 Å². The van der Waals surface area contributed by atoms with Crippen molar-refractivity contribution in [1.29, 1.82) is 0 Å².